The summed E-state index contributed by atoms with van der Waals surface area (Å²) in [7, 11) is 0. The summed E-state index contributed by atoms with van der Waals surface area (Å²) in [6.45, 7) is 2.20. The first-order chi connectivity index (χ1) is 6.66. The highest BCUT2D eigenvalue weighted by molar-refractivity contribution is 5.69. The number of hydrogen-bond donors (Lipinski definition) is 1. The molecule has 3 heteroatoms. The lowest BCUT2D eigenvalue weighted by atomic mass is 9.59. The SMILES string of the molecule is CC1CC(C=O)(C2=CCC(N)C=C2)C1.O. The predicted molar refractivity (Wildman–Crippen MR) is 60.3 cm³/mol. The van der Waals surface area contributed by atoms with Gasteiger partial charge in [0, 0.05) is 6.04 Å². The first-order valence-electron chi connectivity index (χ1n) is 5.27. The minimum absolute atomic E-state index is 0. The molecule has 0 aliphatic heterocycles. The van der Waals surface area contributed by atoms with Crippen LogP contribution < -0.4 is 5.73 Å². The van der Waals surface area contributed by atoms with Gasteiger partial charge in [0.15, 0.2) is 0 Å². The molecule has 1 atom stereocenters. The van der Waals surface area contributed by atoms with Crippen LogP contribution in [0.4, 0.5) is 0 Å². The summed E-state index contributed by atoms with van der Waals surface area (Å²) in [6.07, 6.45) is 10.2. The highest BCUT2D eigenvalue weighted by Crippen LogP contribution is 2.50. The van der Waals surface area contributed by atoms with Crippen LogP contribution in [0.5, 0.6) is 0 Å². The van der Waals surface area contributed by atoms with Crippen molar-refractivity contribution in [2.75, 3.05) is 0 Å². The number of carbonyl (C=O) groups excluding carboxylic acids is 1. The minimum Gasteiger partial charge on any atom is -0.412 e. The summed E-state index contributed by atoms with van der Waals surface area (Å²) in [4.78, 5) is 11.1. The Bertz CT molecular complexity index is 301. The van der Waals surface area contributed by atoms with Crippen LogP contribution in [-0.2, 0) is 4.79 Å². The fourth-order valence-electron chi connectivity index (χ4n) is 2.59. The molecular formula is C12H19NO2. The molecule has 0 radical (unpaired) electrons. The highest BCUT2D eigenvalue weighted by atomic mass is 16.1. The van der Waals surface area contributed by atoms with Crippen molar-refractivity contribution in [2.45, 2.75) is 32.2 Å². The van der Waals surface area contributed by atoms with E-state index in [4.69, 9.17) is 5.73 Å². The Labute approximate surface area is 90.3 Å². The lowest BCUT2D eigenvalue weighted by Gasteiger charge is -2.44. The number of hydrogen-bond acceptors (Lipinski definition) is 2. The van der Waals surface area contributed by atoms with Crippen molar-refractivity contribution >= 4 is 6.29 Å². The zero-order valence-corrected chi connectivity index (χ0v) is 9.07. The van der Waals surface area contributed by atoms with Crippen molar-refractivity contribution in [1.29, 1.82) is 0 Å². The van der Waals surface area contributed by atoms with Gasteiger partial charge in [-0.3, -0.25) is 0 Å². The zero-order valence-electron chi connectivity index (χ0n) is 9.07. The van der Waals surface area contributed by atoms with Gasteiger partial charge in [-0.2, -0.15) is 0 Å². The van der Waals surface area contributed by atoms with Crippen LogP contribution in [-0.4, -0.2) is 17.8 Å². The quantitative estimate of drug-likeness (QED) is 0.689. The van der Waals surface area contributed by atoms with Crippen molar-refractivity contribution in [3.8, 4) is 0 Å². The lowest BCUT2D eigenvalue weighted by molar-refractivity contribution is -0.119. The summed E-state index contributed by atoms with van der Waals surface area (Å²) in [5.74, 6) is 0.685. The number of carbonyl (C=O) groups is 1. The Balaban J connectivity index is 0.00000112. The molecule has 4 N–H and O–H groups in total. The van der Waals surface area contributed by atoms with Crippen LogP contribution in [0.1, 0.15) is 26.2 Å². The van der Waals surface area contributed by atoms with Gasteiger partial charge in [-0.05, 0) is 30.8 Å². The van der Waals surface area contributed by atoms with Gasteiger partial charge in [-0.25, -0.2) is 0 Å². The summed E-state index contributed by atoms with van der Waals surface area (Å²) >= 11 is 0. The van der Waals surface area contributed by atoms with Crippen LogP contribution >= 0.6 is 0 Å². The van der Waals surface area contributed by atoms with E-state index in [0.29, 0.717) is 5.92 Å². The average molecular weight is 209 g/mol. The fraction of sp³-hybridized carbons (Fsp3) is 0.583. The van der Waals surface area contributed by atoms with Gasteiger partial charge >= 0.3 is 0 Å². The third-order valence-electron chi connectivity index (χ3n) is 3.36. The maximum Gasteiger partial charge on any atom is 0.130 e. The Kier molecular flexibility index (Phi) is 3.47. The number of allylic oxidation sites excluding steroid dienone is 2. The van der Waals surface area contributed by atoms with E-state index in [1.54, 1.807) is 0 Å². The minimum atomic E-state index is -0.171. The molecule has 0 saturated heterocycles. The second-order valence-corrected chi connectivity index (χ2v) is 4.71. The summed E-state index contributed by atoms with van der Waals surface area (Å²) < 4.78 is 0. The Morgan fingerprint density at radius 3 is 2.60 bits per heavy atom. The largest absolute Gasteiger partial charge is 0.412 e. The molecule has 2 aliphatic carbocycles. The third kappa shape index (κ3) is 2.03. The van der Waals surface area contributed by atoms with Gasteiger partial charge in [-0.1, -0.05) is 25.2 Å². The number of aldehydes is 1. The van der Waals surface area contributed by atoms with Gasteiger partial charge in [0.05, 0.1) is 5.41 Å². The summed E-state index contributed by atoms with van der Waals surface area (Å²) in [5.41, 5.74) is 6.77. The Hall–Kier alpha value is -0.930. The molecule has 0 heterocycles. The van der Waals surface area contributed by atoms with Crippen molar-refractivity contribution in [1.82, 2.24) is 0 Å². The molecule has 2 aliphatic rings. The van der Waals surface area contributed by atoms with Gasteiger partial charge in [0.2, 0.25) is 0 Å². The maximum absolute atomic E-state index is 11.1. The molecule has 0 aromatic carbocycles. The third-order valence-corrected chi connectivity index (χ3v) is 3.36. The molecule has 1 unspecified atom stereocenters. The van der Waals surface area contributed by atoms with E-state index in [2.05, 4.69) is 13.0 Å². The topological polar surface area (TPSA) is 74.6 Å². The fourth-order valence-corrected chi connectivity index (χ4v) is 2.59. The molecule has 1 fully saturated rings. The lowest BCUT2D eigenvalue weighted by Crippen LogP contribution is -2.39. The van der Waals surface area contributed by atoms with E-state index in [1.807, 2.05) is 12.2 Å². The monoisotopic (exact) mass is 209 g/mol. The van der Waals surface area contributed by atoms with Crippen LogP contribution in [0.25, 0.3) is 0 Å². The molecule has 15 heavy (non-hydrogen) atoms. The number of nitrogens with two attached hydrogens (primary N) is 1. The van der Waals surface area contributed by atoms with E-state index in [1.165, 1.54) is 5.57 Å². The molecule has 0 aromatic heterocycles. The van der Waals surface area contributed by atoms with Crippen LogP contribution in [0.2, 0.25) is 0 Å². The average Bonchev–Trinajstić information content (AvgIpc) is 2.14. The molecule has 3 nitrogen and oxygen atoms in total. The predicted octanol–water partition coefficient (Wildman–Crippen LogP) is 0.990. The van der Waals surface area contributed by atoms with Gasteiger partial charge < -0.3 is 16.0 Å². The molecule has 2 rings (SSSR count). The van der Waals surface area contributed by atoms with Gasteiger partial charge in [-0.15, -0.1) is 0 Å². The summed E-state index contributed by atoms with van der Waals surface area (Å²) in [6, 6.07) is 0.139. The Morgan fingerprint density at radius 1 is 1.53 bits per heavy atom. The standard InChI is InChI=1S/C12H17NO.H2O/c1-9-6-12(7-9,8-14)10-2-4-11(13)5-3-10;/h2-4,8-9,11H,5-7,13H2,1H3;1H2. The molecule has 0 spiro atoms. The smallest absolute Gasteiger partial charge is 0.130 e. The first kappa shape index (κ1) is 12.1. The van der Waals surface area contributed by atoms with Crippen molar-refractivity contribution < 1.29 is 10.3 Å². The second kappa shape index (κ2) is 4.29. The van der Waals surface area contributed by atoms with Crippen LogP contribution in [0.15, 0.2) is 23.8 Å². The molecule has 0 aromatic rings. The normalized spacial score (nSPS) is 38.7. The second-order valence-electron chi connectivity index (χ2n) is 4.71. The molecule has 0 bridgehead atoms. The van der Waals surface area contributed by atoms with E-state index < -0.39 is 0 Å². The van der Waals surface area contributed by atoms with Crippen molar-refractivity contribution in [3.05, 3.63) is 23.8 Å². The van der Waals surface area contributed by atoms with E-state index in [-0.39, 0.29) is 16.9 Å². The van der Waals surface area contributed by atoms with Crippen LogP contribution in [0, 0.1) is 11.3 Å². The molecular weight excluding hydrogens is 190 g/mol. The van der Waals surface area contributed by atoms with E-state index in [0.717, 1.165) is 25.5 Å². The highest BCUT2D eigenvalue weighted by Gasteiger charge is 2.44. The van der Waals surface area contributed by atoms with Crippen molar-refractivity contribution in [2.24, 2.45) is 17.1 Å². The Morgan fingerprint density at radius 2 is 2.20 bits per heavy atom. The maximum atomic E-state index is 11.1. The molecule has 1 saturated carbocycles. The first-order valence-corrected chi connectivity index (χ1v) is 5.27. The molecule has 0 amide bonds. The van der Waals surface area contributed by atoms with E-state index >= 15 is 0 Å². The number of rotatable bonds is 2. The van der Waals surface area contributed by atoms with Crippen LogP contribution in [0.3, 0.4) is 0 Å². The zero-order chi connectivity index (χ0) is 10.2. The summed E-state index contributed by atoms with van der Waals surface area (Å²) in [5, 5.41) is 0. The van der Waals surface area contributed by atoms with Crippen molar-refractivity contribution in [3.63, 3.8) is 0 Å². The molecule has 84 valence electrons. The van der Waals surface area contributed by atoms with Gasteiger partial charge in [0.25, 0.3) is 0 Å². The van der Waals surface area contributed by atoms with Gasteiger partial charge in [0.1, 0.15) is 6.29 Å². The van der Waals surface area contributed by atoms with E-state index in [9.17, 15) is 4.79 Å².